The Morgan fingerprint density at radius 1 is 1.13 bits per heavy atom. The molecule has 0 unspecified atom stereocenters. The smallest absolute Gasteiger partial charge is 0.330 e. The standard InChI is InChI=1S/C28H28F2N6O3/c1-17-26(33-28(38)36(17)21-7-4-19(29)5-8-21)27(37)32-20-6-9-24(23(30)12-20)39-22-10-11-31-25(13-22)35-15-18(16-35)14-34(2)3/h4-13,18H,14-16H2,1-3H3,(H,32,37)(H,33,38). The first-order valence-electron chi connectivity index (χ1n) is 12.4. The van der Waals surface area contributed by atoms with E-state index in [9.17, 15) is 18.4 Å². The lowest BCUT2D eigenvalue weighted by Gasteiger charge is -2.41. The average Bonchev–Trinajstić information content (AvgIpc) is 3.17. The predicted molar refractivity (Wildman–Crippen MR) is 144 cm³/mol. The van der Waals surface area contributed by atoms with Crippen molar-refractivity contribution >= 4 is 17.4 Å². The molecular weight excluding hydrogens is 506 g/mol. The Kier molecular flexibility index (Phi) is 7.16. The first-order chi connectivity index (χ1) is 18.7. The zero-order chi connectivity index (χ0) is 27.7. The van der Waals surface area contributed by atoms with Crippen LogP contribution < -0.4 is 20.6 Å². The quantitative estimate of drug-likeness (QED) is 0.352. The van der Waals surface area contributed by atoms with E-state index in [0.29, 0.717) is 23.0 Å². The molecule has 1 aliphatic rings. The van der Waals surface area contributed by atoms with Gasteiger partial charge in [-0.05, 0) is 63.5 Å². The summed E-state index contributed by atoms with van der Waals surface area (Å²) in [5, 5.41) is 2.59. The summed E-state index contributed by atoms with van der Waals surface area (Å²) in [6, 6.07) is 12.8. The first kappa shape index (κ1) is 26.1. The van der Waals surface area contributed by atoms with E-state index in [1.165, 1.54) is 41.0 Å². The lowest BCUT2D eigenvalue weighted by atomic mass is 10.00. The molecule has 0 radical (unpaired) electrons. The summed E-state index contributed by atoms with van der Waals surface area (Å²) in [5.74, 6) is 0.0446. The van der Waals surface area contributed by atoms with Crippen LogP contribution in [0.3, 0.4) is 0 Å². The molecule has 0 aliphatic carbocycles. The van der Waals surface area contributed by atoms with Crippen LogP contribution in [-0.2, 0) is 0 Å². The minimum absolute atomic E-state index is 0.00758. The van der Waals surface area contributed by atoms with Gasteiger partial charge in [-0.15, -0.1) is 0 Å². The highest BCUT2D eigenvalue weighted by atomic mass is 19.1. The molecule has 1 aliphatic heterocycles. The lowest BCUT2D eigenvalue weighted by Crippen LogP contribution is -2.50. The van der Waals surface area contributed by atoms with E-state index in [1.807, 2.05) is 0 Å². The third kappa shape index (κ3) is 5.68. The molecule has 2 aromatic heterocycles. The number of anilines is 2. The number of carbonyl (C=O) groups is 1. The number of nitrogens with one attached hydrogen (secondary N) is 2. The van der Waals surface area contributed by atoms with Gasteiger partial charge in [0.2, 0.25) is 0 Å². The van der Waals surface area contributed by atoms with Crippen LogP contribution in [-0.4, -0.2) is 59.1 Å². The van der Waals surface area contributed by atoms with Crippen LogP contribution in [0.5, 0.6) is 11.5 Å². The van der Waals surface area contributed by atoms with Crippen molar-refractivity contribution in [1.29, 1.82) is 0 Å². The van der Waals surface area contributed by atoms with Gasteiger partial charge in [0.1, 0.15) is 23.1 Å². The molecule has 2 N–H and O–H groups in total. The Labute approximate surface area is 223 Å². The van der Waals surface area contributed by atoms with Gasteiger partial charge < -0.3 is 24.8 Å². The average molecular weight is 535 g/mol. The van der Waals surface area contributed by atoms with Crippen molar-refractivity contribution in [1.82, 2.24) is 19.4 Å². The van der Waals surface area contributed by atoms with E-state index >= 15 is 0 Å². The molecule has 0 spiro atoms. The topological polar surface area (TPSA) is 95.5 Å². The Balaban J connectivity index is 1.26. The number of imidazole rings is 1. The Hall–Kier alpha value is -4.51. The fourth-order valence-electron chi connectivity index (χ4n) is 4.65. The zero-order valence-corrected chi connectivity index (χ0v) is 21.7. The van der Waals surface area contributed by atoms with Gasteiger partial charge in [-0.25, -0.2) is 18.6 Å². The second-order valence-corrected chi connectivity index (χ2v) is 9.79. The van der Waals surface area contributed by atoms with Gasteiger partial charge >= 0.3 is 5.69 Å². The summed E-state index contributed by atoms with van der Waals surface area (Å²) in [7, 11) is 4.10. The van der Waals surface area contributed by atoms with E-state index in [2.05, 4.69) is 39.2 Å². The maximum absolute atomic E-state index is 14.9. The van der Waals surface area contributed by atoms with Crippen molar-refractivity contribution in [3.8, 4) is 17.2 Å². The predicted octanol–water partition coefficient (Wildman–Crippen LogP) is 4.19. The number of carbonyl (C=O) groups excluding carboxylic acids is 1. The molecule has 39 heavy (non-hydrogen) atoms. The fourth-order valence-corrected chi connectivity index (χ4v) is 4.65. The number of amides is 1. The first-order valence-corrected chi connectivity index (χ1v) is 12.4. The van der Waals surface area contributed by atoms with Crippen LogP contribution in [0.15, 0.2) is 65.6 Å². The van der Waals surface area contributed by atoms with E-state index in [1.54, 1.807) is 25.3 Å². The van der Waals surface area contributed by atoms with Crippen LogP contribution in [0, 0.1) is 24.5 Å². The van der Waals surface area contributed by atoms with E-state index < -0.39 is 23.2 Å². The molecular formula is C28H28F2N6O3. The molecule has 3 heterocycles. The van der Waals surface area contributed by atoms with Gasteiger partial charge in [-0.1, -0.05) is 0 Å². The van der Waals surface area contributed by atoms with Crippen LogP contribution in [0.1, 0.15) is 16.2 Å². The van der Waals surface area contributed by atoms with Crippen molar-refractivity contribution in [2.24, 2.45) is 5.92 Å². The van der Waals surface area contributed by atoms with Crippen LogP contribution >= 0.6 is 0 Å². The van der Waals surface area contributed by atoms with Gasteiger partial charge in [-0.3, -0.25) is 9.36 Å². The van der Waals surface area contributed by atoms with Crippen molar-refractivity contribution in [3.05, 3.63) is 94.3 Å². The minimum Gasteiger partial charge on any atom is -0.454 e. The summed E-state index contributed by atoms with van der Waals surface area (Å²) in [5.41, 5.74) is 0.370. The number of halogens is 2. The number of hydrogen-bond acceptors (Lipinski definition) is 6. The monoisotopic (exact) mass is 534 g/mol. The molecule has 2 aromatic carbocycles. The van der Waals surface area contributed by atoms with Crippen molar-refractivity contribution < 1.29 is 18.3 Å². The van der Waals surface area contributed by atoms with Gasteiger partial charge in [0.05, 0.1) is 11.4 Å². The summed E-state index contributed by atoms with van der Waals surface area (Å²) in [6.07, 6.45) is 1.62. The summed E-state index contributed by atoms with van der Waals surface area (Å²) >= 11 is 0. The number of aromatic amines is 1. The molecule has 1 amide bonds. The number of H-pyrrole nitrogens is 1. The number of hydrogen-bond donors (Lipinski definition) is 2. The van der Waals surface area contributed by atoms with Crippen molar-refractivity contribution in [2.75, 3.05) is 43.9 Å². The highest BCUT2D eigenvalue weighted by Crippen LogP contribution is 2.30. The Bertz CT molecular complexity index is 1560. The number of ether oxygens (including phenoxy) is 1. The Morgan fingerprint density at radius 3 is 2.56 bits per heavy atom. The molecule has 202 valence electrons. The van der Waals surface area contributed by atoms with E-state index in [-0.39, 0.29) is 17.1 Å². The Morgan fingerprint density at radius 2 is 1.87 bits per heavy atom. The minimum atomic E-state index is -0.671. The molecule has 4 aromatic rings. The SMILES string of the molecule is Cc1c(C(=O)Nc2ccc(Oc3ccnc(N4CC(CN(C)C)C4)c3)c(F)c2)[nH]c(=O)n1-c1ccc(F)cc1. The number of rotatable bonds is 8. The van der Waals surface area contributed by atoms with Crippen LogP contribution in [0.2, 0.25) is 0 Å². The molecule has 1 fully saturated rings. The zero-order valence-electron chi connectivity index (χ0n) is 21.7. The van der Waals surface area contributed by atoms with Gasteiger partial charge in [0.25, 0.3) is 5.91 Å². The molecule has 0 atom stereocenters. The lowest BCUT2D eigenvalue weighted by molar-refractivity contribution is 0.102. The van der Waals surface area contributed by atoms with Gasteiger partial charge in [-0.2, -0.15) is 0 Å². The second kappa shape index (κ2) is 10.7. The van der Waals surface area contributed by atoms with Crippen LogP contribution in [0.25, 0.3) is 5.69 Å². The molecule has 0 saturated carbocycles. The van der Waals surface area contributed by atoms with E-state index in [4.69, 9.17) is 4.74 Å². The molecule has 1 saturated heterocycles. The third-order valence-corrected chi connectivity index (χ3v) is 6.48. The van der Waals surface area contributed by atoms with Gasteiger partial charge in [0, 0.05) is 49.6 Å². The van der Waals surface area contributed by atoms with E-state index in [0.717, 1.165) is 31.5 Å². The molecule has 0 bridgehead atoms. The van der Waals surface area contributed by atoms with Crippen molar-refractivity contribution in [3.63, 3.8) is 0 Å². The normalized spacial score (nSPS) is 13.4. The fraction of sp³-hybridized carbons (Fsp3) is 0.250. The van der Waals surface area contributed by atoms with Crippen molar-refractivity contribution in [2.45, 2.75) is 6.92 Å². The molecule has 5 rings (SSSR count). The molecule has 9 nitrogen and oxygen atoms in total. The molecule has 11 heteroatoms. The highest BCUT2D eigenvalue weighted by molar-refractivity contribution is 6.03. The number of benzene rings is 2. The summed E-state index contributed by atoms with van der Waals surface area (Å²) in [6.45, 7) is 4.39. The second-order valence-electron chi connectivity index (χ2n) is 9.79. The summed E-state index contributed by atoms with van der Waals surface area (Å²) < 4.78 is 35.2. The maximum atomic E-state index is 14.9. The summed E-state index contributed by atoms with van der Waals surface area (Å²) in [4.78, 5) is 36.6. The number of aromatic nitrogens is 3. The third-order valence-electron chi connectivity index (χ3n) is 6.48. The number of nitrogens with zero attached hydrogens (tertiary/aromatic N) is 4. The largest absolute Gasteiger partial charge is 0.454 e. The van der Waals surface area contributed by atoms with Gasteiger partial charge in [0.15, 0.2) is 11.6 Å². The number of pyridine rings is 1. The maximum Gasteiger partial charge on any atom is 0.330 e. The van der Waals surface area contributed by atoms with Crippen LogP contribution in [0.4, 0.5) is 20.3 Å². The highest BCUT2D eigenvalue weighted by Gasteiger charge is 2.28.